The molecule has 1 aromatic heterocycles. The van der Waals surface area contributed by atoms with Crippen LogP contribution in [-0.4, -0.2) is 23.3 Å². The molecule has 1 amide bonds. The van der Waals surface area contributed by atoms with E-state index in [1.165, 1.54) is 5.56 Å². The third-order valence-electron chi connectivity index (χ3n) is 5.30. The zero-order valence-corrected chi connectivity index (χ0v) is 17.7. The number of benzene rings is 3. The van der Waals surface area contributed by atoms with Gasteiger partial charge in [0.05, 0.1) is 6.21 Å². The molecule has 0 aliphatic carbocycles. The van der Waals surface area contributed by atoms with E-state index in [0.717, 1.165) is 34.3 Å². The predicted octanol–water partition coefficient (Wildman–Crippen LogP) is 4.84. The van der Waals surface area contributed by atoms with E-state index >= 15 is 0 Å². The summed E-state index contributed by atoms with van der Waals surface area (Å²) in [7, 11) is 0. The van der Waals surface area contributed by atoms with E-state index in [4.69, 9.17) is 4.74 Å². The fourth-order valence-electron chi connectivity index (χ4n) is 3.65. The first-order chi connectivity index (χ1) is 15.1. The minimum atomic E-state index is -0.301. The first-order valence-corrected chi connectivity index (χ1v) is 10.3. The number of fused-ring (bicyclic) bond motifs is 1. The monoisotopic (exact) mass is 411 g/mol. The van der Waals surface area contributed by atoms with Crippen LogP contribution < -0.4 is 10.2 Å². The quantitative estimate of drug-likeness (QED) is 0.350. The van der Waals surface area contributed by atoms with Gasteiger partial charge in [0.2, 0.25) is 0 Å². The number of para-hydroxylation sites is 2. The summed E-state index contributed by atoms with van der Waals surface area (Å²) in [6.07, 6.45) is 1.71. The van der Waals surface area contributed by atoms with Crippen LogP contribution >= 0.6 is 0 Å². The van der Waals surface area contributed by atoms with Crippen molar-refractivity contribution in [1.29, 1.82) is 0 Å². The van der Waals surface area contributed by atoms with Crippen molar-refractivity contribution in [3.8, 4) is 5.75 Å². The van der Waals surface area contributed by atoms with Gasteiger partial charge in [-0.2, -0.15) is 5.10 Å². The van der Waals surface area contributed by atoms with Crippen LogP contribution in [0.5, 0.6) is 5.75 Å². The molecular formula is C26H25N3O2. The number of aromatic nitrogens is 1. The maximum absolute atomic E-state index is 12.2. The Morgan fingerprint density at radius 2 is 1.68 bits per heavy atom. The number of hydrogen-bond donors (Lipinski definition) is 1. The molecule has 5 heteroatoms. The van der Waals surface area contributed by atoms with Crippen LogP contribution in [0.2, 0.25) is 0 Å². The van der Waals surface area contributed by atoms with Crippen molar-refractivity contribution in [3.05, 3.63) is 101 Å². The van der Waals surface area contributed by atoms with E-state index < -0.39 is 0 Å². The molecular weight excluding hydrogens is 386 g/mol. The number of carbonyl (C=O) groups is 1. The van der Waals surface area contributed by atoms with E-state index in [2.05, 4.69) is 46.3 Å². The van der Waals surface area contributed by atoms with E-state index in [1.54, 1.807) is 6.21 Å². The van der Waals surface area contributed by atoms with Gasteiger partial charge >= 0.3 is 0 Å². The number of hydrazone groups is 1. The standard InChI is InChI=1S/C26H25N3O2/c1-19-10-6-9-15-25(19)31-18-26(30)28-27-16-23-20(2)29(17-21-11-4-3-5-12-21)24-14-8-7-13-22(23)24/h3-16H,17-18H2,1-2H3,(H,28,30)/b27-16+. The summed E-state index contributed by atoms with van der Waals surface area (Å²) in [4.78, 5) is 12.2. The zero-order valence-electron chi connectivity index (χ0n) is 17.7. The van der Waals surface area contributed by atoms with Gasteiger partial charge in [-0.05, 0) is 37.1 Å². The summed E-state index contributed by atoms with van der Waals surface area (Å²) in [5.74, 6) is 0.395. The Balaban J connectivity index is 1.49. The summed E-state index contributed by atoms with van der Waals surface area (Å²) in [6, 6.07) is 26.2. The van der Waals surface area contributed by atoms with Crippen molar-refractivity contribution in [2.75, 3.05) is 6.61 Å². The summed E-state index contributed by atoms with van der Waals surface area (Å²) in [5, 5.41) is 5.29. The molecule has 0 saturated carbocycles. The van der Waals surface area contributed by atoms with Crippen molar-refractivity contribution >= 4 is 23.0 Å². The molecule has 0 fully saturated rings. The summed E-state index contributed by atoms with van der Waals surface area (Å²) in [6.45, 7) is 4.71. The number of aryl methyl sites for hydroxylation is 1. The number of amides is 1. The van der Waals surface area contributed by atoms with Crippen molar-refractivity contribution in [3.63, 3.8) is 0 Å². The minimum Gasteiger partial charge on any atom is -0.483 e. The summed E-state index contributed by atoms with van der Waals surface area (Å²) >= 11 is 0. The number of carbonyl (C=O) groups excluding carboxylic acids is 1. The molecule has 31 heavy (non-hydrogen) atoms. The lowest BCUT2D eigenvalue weighted by Gasteiger charge is -2.08. The average Bonchev–Trinajstić information content (AvgIpc) is 3.05. The second-order valence-electron chi connectivity index (χ2n) is 7.44. The van der Waals surface area contributed by atoms with Crippen LogP contribution in [0, 0.1) is 13.8 Å². The molecule has 4 rings (SSSR count). The molecule has 0 aliphatic rings. The van der Waals surface area contributed by atoms with Gasteiger partial charge in [-0.3, -0.25) is 4.79 Å². The van der Waals surface area contributed by atoms with Crippen molar-refractivity contribution in [2.24, 2.45) is 5.10 Å². The van der Waals surface area contributed by atoms with E-state index in [-0.39, 0.29) is 12.5 Å². The van der Waals surface area contributed by atoms with Crippen LogP contribution in [0.3, 0.4) is 0 Å². The SMILES string of the molecule is Cc1ccccc1OCC(=O)N/N=C/c1c(C)n(Cc2ccccc2)c2ccccc12. The smallest absolute Gasteiger partial charge is 0.277 e. The lowest BCUT2D eigenvalue weighted by molar-refractivity contribution is -0.123. The average molecular weight is 412 g/mol. The Labute approximate surface area is 182 Å². The second kappa shape index (κ2) is 9.30. The normalized spacial score (nSPS) is 11.2. The molecule has 4 aromatic rings. The number of nitrogens with zero attached hydrogens (tertiary/aromatic N) is 2. The summed E-state index contributed by atoms with van der Waals surface area (Å²) < 4.78 is 7.85. The van der Waals surface area contributed by atoms with Gasteiger partial charge in [-0.25, -0.2) is 5.43 Å². The fraction of sp³-hybridized carbons (Fsp3) is 0.154. The third kappa shape index (κ3) is 4.67. The number of hydrogen-bond acceptors (Lipinski definition) is 3. The highest BCUT2D eigenvalue weighted by atomic mass is 16.5. The lowest BCUT2D eigenvalue weighted by Crippen LogP contribution is -2.24. The third-order valence-corrected chi connectivity index (χ3v) is 5.30. The van der Waals surface area contributed by atoms with Gasteiger partial charge in [0.15, 0.2) is 6.61 Å². The zero-order chi connectivity index (χ0) is 21.6. The van der Waals surface area contributed by atoms with Gasteiger partial charge < -0.3 is 9.30 Å². The van der Waals surface area contributed by atoms with Gasteiger partial charge in [0.1, 0.15) is 5.75 Å². The first-order valence-electron chi connectivity index (χ1n) is 10.3. The molecule has 0 aliphatic heterocycles. The maximum Gasteiger partial charge on any atom is 0.277 e. The molecule has 0 radical (unpaired) electrons. The largest absolute Gasteiger partial charge is 0.483 e. The van der Waals surface area contributed by atoms with Gasteiger partial charge in [-0.15, -0.1) is 0 Å². The molecule has 0 bridgehead atoms. The van der Waals surface area contributed by atoms with Gasteiger partial charge in [0.25, 0.3) is 5.91 Å². The fourth-order valence-corrected chi connectivity index (χ4v) is 3.65. The van der Waals surface area contributed by atoms with Crippen LogP contribution in [0.25, 0.3) is 10.9 Å². The van der Waals surface area contributed by atoms with Crippen molar-refractivity contribution in [2.45, 2.75) is 20.4 Å². The molecule has 1 heterocycles. The molecule has 3 aromatic carbocycles. The Kier molecular flexibility index (Phi) is 6.13. The Morgan fingerprint density at radius 1 is 0.968 bits per heavy atom. The lowest BCUT2D eigenvalue weighted by atomic mass is 10.1. The minimum absolute atomic E-state index is 0.0864. The molecule has 0 unspecified atom stereocenters. The Morgan fingerprint density at radius 3 is 2.48 bits per heavy atom. The molecule has 0 saturated heterocycles. The van der Waals surface area contributed by atoms with E-state index in [9.17, 15) is 4.79 Å². The predicted molar refractivity (Wildman–Crippen MR) is 125 cm³/mol. The maximum atomic E-state index is 12.2. The molecule has 156 valence electrons. The molecule has 0 atom stereocenters. The highest BCUT2D eigenvalue weighted by Crippen LogP contribution is 2.25. The van der Waals surface area contributed by atoms with Gasteiger partial charge in [0, 0.05) is 28.7 Å². The van der Waals surface area contributed by atoms with Gasteiger partial charge in [-0.1, -0.05) is 66.7 Å². The number of nitrogens with one attached hydrogen (secondary N) is 1. The topological polar surface area (TPSA) is 55.6 Å². The van der Waals surface area contributed by atoms with Crippen molar-refractivity contribution < 1.29 is 9.53 Å². The van der Waals surface area contributed by atoms with Crippen molar-refractivity contribution in [1.82, 2.24) is 9.99 Å². The summed E-state index contributed by atoms with van der Waals surface area (Å²) in [5.41, 5.74) is 8.01. The molecule has 1 N–H and O–H groups in total. The van der Waals surface area contributed by atoms with E-state index in [0.29, 0.717) is 5.75 Å². The highest BCUT2D eigenvalue weighted by Gasteiger charge is 2.13. The molecule has 5 nitrogen and oxygen atoms in total. The number of ether oxygens (including phenoxy) is 1. The second-order valence-corrected chi connectivity index (χ2v) is 7.44. The molecule has 0 spiro atoms. The first kappa shape index (κ1) is 20.4. The Bertz CT molecular complexity index is 1230. The van der Waals surface area contributed by atoms with Crippen LogP contribution in [-0.2, 0) is 11.3 Å². The van der Waals surface area contributed by atoms with E-state index in [1.807, 2.05) is 61.5 Å². The van der Waals surface area contributed by atoms with Crippen LogP contribution in [0.1, 0.15) is 22.4 Å². The van der Waals surface area contributed by atoms with Crippen LogP contribution in [0.15, 0.2) is 84.0 Å². The van der Waals surface area contributed by atoms with Crippen LogP contribution in [0.4, 0.5) is 0 Å². The highest BCUT2D eigenvalue weighted by molar-refractivity contribution is 6.01. The Hall–Kier alpha value is -3.86. The number of rotatable bonds is 7.